The molecular formula is C34H31IN2O2. The highest BCUT2D eigenvalue weighted by Gasteiger charge is 2.26. The lowest BCUT2D eigenvalue weighted by atomic mass is 9.85. The van der Waals surface area contributed by atoms with E-state index in [0.29, 0.717) is 5.69 Å². The molecule has 0 bridgehead atoms. The van der Waals surface area contributed by atoms with Gasteiger partial charge in [0.1, 0.15) is 12.2 Å². The quantitative estimate of drug-likeness (QED) is 0.114. The predicted octanol–water partition coefficient (Wildman–Crippen LogP) is 7.20. The molecule has 5 aromatic rings. The van der Waals surface area contributed by atoms with Crippen LogP contribution in [0.3, 0.4) is 0 Å². The Morgan fingerprint density at radius 1 is 0.667 bits per heavy atom. The normalized spacial score (nSPS) is 13.6. The highest BCUT2D eigenvalue weighted by Crippen LogP contribution is 2.37. The maximum Gasteiger partial charge on any atom is 0.119 e. The Hall–Kier alpha value is -3.57. The first-order chi connectivity index (χ1) is 18.7. The molecule has 3 unspecified atom stereocenters. The summed E-state index contributed by atoms with van der Waals surface area (Å²) in [5, 5.41) is 22.3. The topological polar surface area (TPSA) is 72.0 Å². The monoisotopic (exact) mass is 626 g/mol. The first-order valence-corrected chi connectivity index (χ1v) is 14.0. The number of terminal acetylenes is 1. The van der Waals surface area contributed by atoms with E-state index in [1.165, 1.54) is 22.3 Å². The predicted molar refractivity (Wildman–Crippen MR) is 165 cm³/mol. The fourth-order valence-electron chi connectivity index (χ4n) is 5.41. The van der Waals surface area contributed by atoms with Crippen LogP contribution in [0.1, 0.15) is 79.8 Å². The van der Waals surface area contributed by atoms with Crippen molar-refractivity contribution >= 4 is 22.6 Å². The lowest BCUT2D eigenvalue weighted by molar-refractivity contribution is 0.216. The van der Waals surface area contributed by atoms with Crippen LogP contribution < -0.4 is 0 Å². The van der Waals surface area contributed by atoms with Crippen molar-refractivity contribution in [2.45, 2.75) is 38.9 Å². The minimum Gasteiger partial charge on any atom is -0.382 e. The van der Waals surface area contributed by atoms with Gasteiger partial charge in [0.05, 0.1) is 5.92 Å². The van der Waals surface area contributed by atoms with Gasteiger partial charge in [0.15, 0.2) is 0 Å². The van der Waals surface area contributed by atoms with E-state index < -0.39 is 12.2 Å². The van der Waals surface area contributed by atoms with Gasteiger partial charge >= 0.3 is 0 Å². The summed E-state index contributed by atoms with van der Waals surface area (Å²) in [7, 11) is 0. The van der Waals surface area contributed by atoms with Crippen LogP contribution in [0.15, 0.2) is 84.9 Å². The van der Waals surface area contributed by atoms with E-state index >= 15 is 0 Å². The summed E-state index contributed by atoms with van der Waals surface area (Å²) >= 11 is 2.26. The van der Waals surface area contributed by atoms with Crippen molar-refractivity contribution in [3.63, 3.8) is 0 Å². The average molecular weight is 627 g/mol. The van der Waals surface area contributed by atoms with Gasteiger partial charge < -0.3 is 20.2 Å². The summed E-state index contributed by atoms with van der Waals surface area (Å²) in [6.45, 7) is 6.38. The molecule has 0 fully saturated rings. The molecule has 4 nitrogen and oxygen atoms in total. The first-order valence-electron chi connectivity index (χ1n) is 12.9. The third kappa shape index (κ3) is 5.60. The molecule has 0 radical (unpaired) electrons. The zero-order chi connectivity index (χ0) is 27.7. The lowest BCUT2D eigenvalue weighted by Gasteiger charge is -2.22. The molecule has 2 aromatic heterocycles. The average Bonchev–Trinajstić information content (AvgIpc) is 3.61. The number of aliphatic hydroxyl groups is 2. The second-order valence-electron chi connectivity index (χ2n) is 10.1. The van der Waals surface area contributed by atoms with Crippen LogP contribution in [-0.2, 0) is 0 Å². The molecule has 0 aliphatic carbocycles. The number of aromatic amines is 2. The number of aromatic nitrogens is 2. The van der Waals surface area contributed by atoms with Gasteiger partial charge in [-0.1, -0.05) is 47.9 Å². The Labute approximate surface area is 243 Å². The van der Waals surface area contributed by atoms with E-state index in [1.54, 1.807) is 0 Å². The Balaban J connectivity index is 1.55. The van der Waals surface area contributed by atoms with Crippen LogP contribution in [0, 0.1) is 36.7 Å². The van der Waals surface area contributed by atoms with Crippen molar-refractivity contribution in [2.24, 2.45) is 0 Å². The first kappa shape index (κ1) is 27.0. The number of aryl methyl sites for hydroxylation is 3. The Morgan fingerprint density at radius 2 is 1.10 bits per heavy atom. The molecule has 5 heteroatoms. The number of nitrogens with one attached hydrogen (secondary N) is 2. The summed E-state index contributed by atoms with van der Waals surface area (Å²) in [4.78, 5) is 7.03. The molecular weight excluding hydrogens is 595 g/mol. The van der Waals surface area contributed by atoms with Crippen molar-refractivity contribution in [1.82, 2.24) is 9.97 Å². The summed E-state index contributed by atoms with van der Waals surface area (Å²) < 4.78 is 1.12. The summed E-state index contributed by atoms with van der Waals surface area (Å²) in [5.41, 5.74) is 10.5. The SMILES string of the molecule is C#Cc1ccc(C(O)c2ccc(C(c3ccc(C(O)c4ccc(I)cc4)[nH]3)c3c(C)cc(C)cc3C)[nH]2)cc1. The number of H-pyrrole nitrogens is 2. The van der Waals surface area contributed by atoms with Crippen molar-refractivity contribution in [3.8, 4) is 12.3 Å². The second kappa shape index (κ2) is 11.3. The molecule has 0 amide bonds. The summed E-state index contributed by atoms with van der Waals surface area (Å²) in [6, 6.07) is 27.7. The van der Waals surface area contributed by atoms with Gasteiger partial charge in [-0.3, -0.25) is 0 Å². The standard InChI is InChI=1S/C34H31IN2O2/c1-5-23-6-8-24(9-7-23)33(38)29-16-14-27(36-29)32(31-21(3)18-20(2)19-22(31)4)28-15-17-30(37-28)34(39)25-10-12-26(35)13-11-25/h1,6-19,32-34,36-39H,2-4H3. The third-order valence-corrected chi connectivity index (χ3v) is 8.00. The van der Waals surface area contributed by atoms with Gasteiger partial charge in [0.25, 0.3) is 0 Å². The molecule has 3 atom stereocenters. The maximum atomic E-state index is 11.1. The van der Waals surface area contributed by atoms with Crippen molar-refractivity contribution < 1.29 is 10.2 Å². The van der Waals surface area contributed by atoms with Gasteiger partial charge in [-0.25, -0.2) is 0 Å². The lowest BCUT2D eigenvalue weighted by Crippen LogP contribution is -2.10. The van der Waals surface area contributed by atoms with Crippen molar-refractivity contribution in [3.05, 3.63) is 150 Å². The minimum absolute atomic E-state index is 0.145. The zero-order valence-corrected chi connectivity index (χ0v) is 24.3. The molecule has 196 valence electrons. The third-order valence-electron chi connectivity index (χ3n) is 7.28. The van der Waals surface area contributed by atoms with E-state index in [1.807, 2.05) is 72.8 Å². The van der Waals surface area contributed by atoms with Crippen LogP contribution in [-0.4, -0.2) is 20.2 Å². The van der Waals surface area contributed by atoms with Crippen LogP contribution >= 0.6 is 22.6 Å². The Morgan fingerprint density at radius 3 is 1.56 bits per heavy atom. The molecule has 5 rings (SSSR count). The van der Waals surface area contributed by atoms with E-state index in [-0.39, 0.29) is 5.92 Å². The van der Waals surface area contributed by atoms with E-state index in [0.717, 1.165) is 37.3 Å². The maximum absolute atomic E-state index is 11.1. The van der Waals surface area contributed by atoms with Crippen LogP contribution in [0.25, 0.3) is 0 Å². The molecule has 0 spiro atoms. The van der Waals surface area contributed by atoms with E-state index in [2.05, 4.69) is 71.4 Å². The largest absolute Gasteiger partial charge is 0.382 e. The van der Waals surface area contributed by atoms with Crippen LogP contribution in [0.2, 0.25) is 0 Å². The van der Waals surface area contributed by atoms with E-state index in [4.69, 9.17) is 6.42 Å². The molecule has 4 N–H and O–H groups in total. The van der Waals surface area contributed by atoms with Gasteiger partial charge in [-0.15, -0.1) is 6.42 Å². The highest BCUT2D eigenvalue weighted by atomic mass is 127. The number of hydrogen-bond acceptors (Lipinski definition) is 2. The van der Waals surface area contributed by atoms with Gasteiger partial charge in [-0.05, 0) is 120 Å². The van der Waals surface area contributed by atoms with Crippen molar-refractivity contribution in [2.75, 3.05) is 0 Å². The zero-order valence-electron chi connectivity index (χ0n) is 22.2. The molecule has 39 heavy (non-hydrogen) atoms. The molecule has 0 aliphatic heterocycles. The minimum atomic E-state index is -0.812. The number of rotatable bonds is 7. The number of benzene rings is 3. The molecule has 3 aromatic carbocycles. The number of halogens is 1. The summed E-state index contributed by atoms with van der Waals surface area (Å²) in [6.07, 6.45) is 3.92. The Bertz CT molecular complexity index is 1620. The van der Waals surface area contributed by atoms with Crippen LogP contribution in [0.4, 0.5) is 0 Å². The van der Waals surface area contributed by atoms with Gasteiger partial charge in [0, 0.05) is 31.9 Å². The summed E-state index contributed by atoms with van der Waals surface area (Å²) in [5.74, 6) is 2.47. The fourth-order valence-corrected chi connectivity index (χ4v) is 5.77. The second-order valence-corrected chi connectivity index (χ2v) is 11.4. The van der Waals surface area contributed by atoms with Crippen molar-refractivity contribution in [1.29, 1.82) is 0 Å². The molecule has 0 saturated heterocycles. The van der Waals surface area contributed by atoms with E-state index in [9.17, 15) is 10.2 Å². The molecule has 0 saturated carbocycles. The smallest absolute Gasteiger partial charge is 0.119 e. The fraction of sp³-hybridized carbons (Fsp3) is 0.176. The highest BCUT2D eigenvalue weighted by molar-refractivity contribution is 14.1. The van der Waals surface area contributed by atoms with Crippen LogP contribution in [0.5, 0.6) is 0 Å². The number of aliphatic hydroxyl groups excluding tert-OH is 2. The van der Waals surface area contributed by atoms with Gasteiger partial charge in [0.2, 0.25) is 0 Å². The Kier molecular flexibility index (Phi) is 7.81. The number of hydrogen-bond donors (Lipinski definition) is 4. The molecule has 0 aliphatic rings. The van der Waals surface area contributed by atoms with Gasteiger partial charge in [-0.2, -0.15) is 0 Å². The molecule has 2 heterocycles.